The number of carbonyl (C=O) groups is 3. The predicted molar refractivity (Wildman–Crippen MR) is 156 cm³/mol. The van der Waals surface area contributed by atoms with Gasteiger partial charge in [0.1, 0.15) is 18.1 Å². The topological polar surface area (TPSA) is 110 Å². The zero-order valence-corrected chi connectivity index (χ0v) is 24.0. The summed E-state index contributed by atoms with van der Waals surface area (Å²) in [5.74, 6) is 0.866. The van der Waals surface area contributed by atoms with Crippen molar-refractivity contribution in [2.45, 2.75) is 18.8 Å². The lowest BCUT2D eigenvalue weighted by atomic mass is 9.88. The number of nitrogens with zero attached hydrogens (tertiary/aromatic N) is 3. The van der Waals surface area contributed by atoms with Gasteiger partial charge in [-0.3, -0.25) is 14.4 Å². The fourth-order valence-corrected chi connectivity index (χ4v) is 5.55. The number of hydrogen-bond acceptors (Lipinski definition) is 7. The van der Waals surface area contributed by atoms with E-state index < -0.39 is 5.92 Å². The molecule has 1 aromatic heterocycles. The Bertz CT molecular complexity index is 1430. The second-order valence-electron chi connectivity index (χ2n) is 10.5. The summed E-state index contributed by atoms with van der Waals surface area (Å²) in [6.45, 7) is 2.31. The first-order chi connectivity index (χ1) is 20.4. The Morgan fingerprint density at radius 3 is 2.64 bits per heavy atom. The van der Waals surface area contributed by atoms with Crippen molar-refractivity contribution in [2.75, 3.05) is 53.6 Å². The van der Waals surface area contributed by atoms with Crippen LogP contribution in [0.2, 0.25) is 0 Å². The predicted octanol–water partition coefficient (Wildman–Crippen LogP) is 2.92. The molecule has 2 aliphatic heterocycles. The van der Waals surface area contributed by atoms with Gasteiger partial charge in [0.2, 0.25) is 17.7 Å². The van der Waals surface area contributed by atoms with Gasteiger partial charge in [0, 0.05) is 49.9 Å². The molecular weight excluding hydrogens is 536 g/mol. The third kappa shape index (κ3) is 6.82. The fourth-order valence-electron chi connectivity index (χ4n) is 5.55. The number of carbonyl (C=O) groups excluding carboxylic acids is 3. The van der Waals surface area contributed by atoms with Crippen LogP contribution in [-0.2, 0) is 16.0 Å². The molecule has 3 amide bonds. The Morgan fingerprint density at radius 2 is 1.81 bits per heavy atom. The maximum absolute atomic E-state index is 13.5. The highest BCUT2D eigenvalue weighted by Crippen LogP contribution is 2.35. The molecule has 1 N–H and O–H groups in total. The molecule has 2 atom stereocenters. The van der Waals surface area contributed by atoms with Crippen LogP contribution in [0.4, 0.5) is 0 Å². The minimum absolute atomic E-state index is 0.0317. The van der Waals surface area contributed by atoms with Gasteiger partial charge in [0.25, 0.3) is 5.91 Å². The quantitative estimate of drug-likeness (QED) is 0.501. The summed E-state index contributed by atoms with van der Waals surface area (Å²) >= 11 is 0. The van der Waals surface area contributed by atoms with Crippen molar-refractivity contribution in [3.05, 3.63) is 83.6 Å². The average molecular weight is 573 g/mol. The smallest absolute Gasteiger partial charge is 0.254 e. The number of amides is 3. The summed E-state index contributed by atoms with van der Waals surface area (Å²) in [5, 5.41) is 3.06. The normalized spacial score (nSPS) is 19.1. The second-order valence-corrected chi connectivity index (χ2v) is 10.5. The van der Waals surface area contributed by atoms with Gasteiger partial charge < -0.3 is 29.3 Å². The van der Waals surface area contributed by atoms with Gasteiger partial charge in [-0.1, -0.05) is 24.3 Å². The van der Waals surface area contributed by atoms with E-state index in [2.05, 4.69) is 10.3 Å². The molecule has 2 aliphatic rings. The van der Waals surface area contributed by atoms with Crippen LogP contribution in [0.3, 0.4) is 0 Å². The first-order valence-corrected chi connectivity index (χ1v) is 14.2. The van der Waals surface area contributed by atoms with Crippen molar-refractivity contribution in [3.63, 3.8) is 0 Å². The zero-order chi connectivity index (χ0) is 29.5. The number of methoxy groups -OCH3 is 2. The third-order valence-electron chi connectivity index (χ3n) is 7.80. The highest BCUT2D eigenvalue weighted by molar-refractivity contribution is 5.94. The van der Waals surface area contributed by atoms with E-state index in [-0.39, 0.29) is 30.1 Å². The Labute approximate surface area is 245 Å². The lowest BCUT2D eigenvalue weighted by Gasteiger charge is -2.25. The van der Waals surface area contributed by atoms with E-state index in [1.807, 2.05) is 48.5 Å². The van der Waals surface area contributed by atoms with E-state index in [0.29, 0.717) is 68.7 Å². The van der Waals surface area contributed by atoms with Crippen molar-refractivity contribution >= 4 is 17.7 Å². The van der Waals surface area contributed by atoms with Gasteiger partial charge >= 0.3 is 0 Å². The molecule has 0 spiro atoms. The molecule has 3 aromatic rings. The van der Waals surface area contributed by atoms with Crippen LogP contribution in [0, 0.1) is 5.92 Å². The van der Waals surface area contributed by atoms with E-state index in [1.165, 1.54) is 7.11 Å². The molecule has 3 heterocycles. The number of fused-ring (bicyclic) bond motifs is 4. The SMILES string of the molecule is COc1cccc(CC(=O)N2C[C@@H]3C(=O)NCCCN(C(=O)c4ccnc(OC)c4)CCOc4cccc(c4)[C@H]3C2)c1. The second kappa shape index (κ2) is 13.4. The van der Waals surface area contributed by atoms with Crippen LogP contribution in [0.5, 0.6) is 17.4 Å². The van der Waals surface area contributed by atoms with Crippen molar-refractivity contribution < 1.29 is 28.6 Å². The highest BCUT2D eigenvalue weighted by Gasteiger charge is 2.40. The molecule has 5 rings (SSSR count). The van der Waals surface area contributed by atoms with Crippen LogP contribution in [-0.4, -0.2) is 86.1 Å². The van der Waals surface area contributed by atoms with Crippen molar-refractivity contribution in [1.29, 1.82) is 0 Å². The number of nitrogens with one attached hydrogen (secondary N) is 1. The first-order valence-electron chi connectivity index (χ1n) is 14.2. The Morgan fingerprint density at radius 1 is 0.976 bits per heavy atom. The van der Waals surface area contributed by atoms with E-state index >= 15 is 0 Å². The van der Waals surface area contributed by atoms with E-state index in [9.17, 15) is 14.4 Å². The third-order valence-corrected chi connectivity index (χ3v) is 7.80. The molecule has 42 heavy (non-hydrogen) atoms. The zero-order valence-electron chi connectivity index (χ0n) is 24.0. The summed E-state index contributed by atoms with van der Waals surface area (Å²) in [7, 11) is 3.11. The van der Waals surface area contributed by atoms with Crippen LogP contribution in [0.1, 0.15) is 33.8 Å². The molecule has 10 nitrogen and oxygen atoms in total. The maximum Gasteiger partial charge on any atom is 0.254 e. The molecule has 1 fully saturated rings. The first kappa shape index (κ1) is 28.9. The fraction of sp³-hybridized carbons (Fsp3) is 0.375. The number of rotatable bonds is 5. The van der Waals surface area contributed by atoms with Crippen molar-refractivity contribution in [3.8, 4) is 17.4 Å². The van der Waals surface area contributed by atoms with Crippen molar-refractivity contribution in [1.82, 2.24) is 20.1 Å². The standard InChI is InChI=1S/C32H36N4O6/c1-40-25-8-3-6-22(16-25)17-30(37)36-20-27-23-7-4-9-26(18-23)42-15-14-35(13-5-11-34-31(38)28(27)21-36)32(39)24-10-12-33-29(19-24)41-2/h3-4,6-10,12,16,18-19,27-28H,5,11,13-15,17,20-21H2,1-2H3,(H,34,38)/t27-,28+/m1/s1. The summed E-state index contributed by atoms with van der Waals surface area (Å²) in [6.07, 6.45) is 2.34. The summed E-state index contributed by atoms with van der Waals surface area (Å²) in [5.41, 5.74) is 2.28. The number of benzene rings is 2. The van der Waals surface area contributed by atoms with E-state index in [0.717, 1.165) is 11.1 Å². The lowest BCUT2D eigenvalue weighted by molar-refractivity contribution is -0.130. The van der Waals surface area contributed by atoms with Gasteiger partial charge in [0.05, 0.1) is 33.1 Å². The summed E-state index contributed by atoms with van der Waals surface area (Å²) in [4.78, 5) is 47.7. The van der Waals surface area contributed by atoms with E-state index in [4.69, 9.17) is 14.2 Å². The van der Waals surface area contributed by atoms with E-state index in [1.54, 1.807) is 35.2 Å². The number of hydrogen-bond donors (Lipinski definition) is 1. The van der Waals surface area contributed by atoms with Crippen LogP contribution in [0.25, 0.3) is 0 Å². The molecule has 2 bridgehead atoms. The number of likely N-dealkylation sites (tertiary alicyclic amines) is 1. The summed E-state index contributed by atoms with van der Waals surface area (Å²) < 4.78 is 16.6. The number of aromatic nitrogens is 1. The minimum atomic E-state index is -0.403. The van der Waals surface area contributed by atoms with Crippen LogP contribution in [0.15, 0.2) is 66.9 Å². The van der Waals surface area contributed by atoms with Crippen LogP contribution >= 0.6 is 0 Å². The Balaban J connectivity index is 1.32. The summed E-state index contributed by atoms with van der Waals surface area (Å²) in [6, 6.07) is 18.4. The molecule has 2 aromatic carbocycles. The molecule has 0 aliphatic carbocycles. The minimum Gasteiger partial charge on any atom is -0.497 e. The van der Waals surface area contributed by atoms with Gasteiger partial charge in [-0.25, -0.2) is 4.98 Å². The molecule has 0 saturated carbocycles. The monoisotopic (exact) mass is 572 g/mol. The van der Waals surface area contributed by atoms with Crippen LogP contribution < -0.4 is 19.5 Å². The van der Waals surface area contributed by atoms with Gasteiger partial charge in [-0.2, -0.15) is 0 Å². The van der Waals surface area contributed by atoms with Gasteiger partial charge in [-0.05, 0) is 47.9 Å². The number of ether oxygens (including phenoxy) is 3. The molecule has 220 valence electrons. The average Bonchev–Trinajstić information content (AvgIpc) is 3.48. The largest absolute Gasteiger partial charge is 0.497 e. The molecule has 0 radical (unpaired) electrons. The Hall–Kier alpha value is -4.60. The number of pyridine rings is 1. The molecule has 1 saturated heterocycles. The highest BCUT2D eigenvalue weighted by atomic mass is 16.5. The maximum atomic E-state index is 13.5. The van der Waals surface area contributed by atoms with Gasteiger partial charge in [-0.15, -0.1) is 0 Å². The molecular formula is C32H36N4O6. The molecule has 10 heteroatoms. The lowest BCUT2D eigenvalue weighted by Crippen LogP contribution is -2.39. The van der Waals surface area contributed by atoms with Gasteiger partial charge in [0.15, 0.2) is 0 Å². The Kier molecular flexibility index (Phi) is 9.21. The molecule has 0 unspecified atom stereocenters. The van der Waals surface area contributed by atoms with Crippen molar-refractivity contribution in [2.24, 2.45) is 5.92 Å².